The summed E-state index contributed by atoms with van der Waals surface area (Å²) in [5.41, 5.74) is 3.72. The minimum absolute atomic E-state index is 0.0181. The first-order valence-corrected chi connectivity index (χ1v) is 14.9. The maximum Gasteiger partial charge on any atom is 0.318 e. The molecule has 9 heteroatoms. The Labute approximate surface area is 246 Å². The van der Waals surface area contributed by atoms with Gasteiger partial charge < -0.3 is 24.3 Å². The number of hydrogen-bond donors (Lipinski definition) is 0. The van der Waals surface area contributed by atoms with Gasteiger partial charge >= 0.3 is 6.01 Å². The van der Waals surface area contributed by atoms with E-state index in [0.29, 0.717) is 19.2 Å². The Balaban J connectivity index is 1.17. The summed E-state index contributed by atoms with van der Waals surface area (Å²) in [5.74, 6) is 1.02. The summed E-state index contributed by atoms with van der Waals surface area (Å²) >= 11 is 6.70. The minimum Gasteiger partial charge on any atom is -0.463 e. The molecule has 8 nitrogen and oxygen atoms in total. The number of nitrogens with zero attached hydrogens (tertiary/aromatic N) is 6. The topological polar surface area (TPSA) is 65.0 Å². The summed E-state index contributed by atoms with van der Waals surface area (Å²) in [6.45, 7) is 10.2. The molecule has 0 radical (unpaired) electrons. The highest BCUT2D eigenvalue weighted by Gasteiger charge is 2.54. The molecule has 1 aliphatic carbocycles. The lowest BCUT2D eigenvalue weighted by atomic mass is 9.72. The summed E-state index contributed by atoms with van der Waals surface area (Å²) in [6.07, 6.45) is 4.60. The predicted molar refractivity (Wildman–Crippen MR) is 163 cm³/mol. The van der Waals surface area contributed by atoms with E-state index in [1.54, 1.807) is 0 Å². The van der Waals surface area contributed by atoms with Gasteiger partial charge in [0.1, 0.15) is 5.82 Å². The van der Waals surface area contributed by atoms with E-state index in [9.17, 15) is 4.79 Å². The molecule has 0 N–H and O–H groups in total. The van der Waals surface area contributed by atoms with Crippen LogP contribution >= 0.6 is 11.6 Å². The number of rotatable bonds is 8. The van der Waals surface area contributed by atoms with Gasteiger partial charge in [-0.1, -0.05) is 42.4 Å². The van der Waals surface area contributed by atoms with Crippen LogP contribution in [0.3, 0.4) is 0 Å². The third-order valence-electron chi connectivity index (χ3n) is 9.20. The van der Waals surface area contributed by atoms with Gasteiger partial charge in [-0.25, -0.2) is 0 Å². The molecule has 2 aromatic carbocycles. The van der Waals surface area contributed by atoms with Crippen molar-refractivity contribution in [3.8, 4) is 6.01 Å². The highest BCUT2D eigenvalue weighted by atomic mass is 35.5. The van der Waals surface area contributed by atoms with Gasteiger partial charge in [0.15, 0.2) is 0 Å². The van der Waals surface area contributed by atoms with E-state index in [1.165, 1.54) is 24.5 Å². The van der Waals surface area contributed by atoms with Gasteiger partial charge in [0, 0.05) is 66.7 Å². The summed E-state index contributed by atoms with van der Waals surface area (Å²) in [4.78, 5) is 30.9. The Morgan fingerprint density at radius 1 is 1.10 bits per heavy atom. The second kappa shape index (κ2) is 9.88. The molecule has 41 heavy (non-hydrogen) atoms. The second-order valence-electron chi connectivity index (χ2n) is 12.8. The third-order valence-corrected chi connectivity index (χ3v) is 9.52. The molecule has 1 spiro atoms. The van der Waals surface area contributed by atoms with Crippen LogP contribution in [-0.2, 0) is 17.8 Å². The van der Waals surface area contributed by atoms with Crippen molar-refractivity contribution in [3.05, 3.63) is 65.3 Å². The molecule has 1 aromatic heterocycles. The number of hydrogen-bond acceptors (Lipinski definition) is 7. The average Bonchev–Trinajstić information content (AvgIpc) is 3.68. The molecule has 4 heterocycles. The van der Waals surface area contributed by atoms with Crippen molar-refractivity contribution < 1.29 is 9.53 Å². The van der Waals surface area contributed by atoms with Crippen LogP contribution in [0, 0.1) is 10.8 Å². The number of carbonyl (C=O) groups is 1. The molecule has 0 unspecified atom stereocenters. The first-order valence-electron chi connectivity index (χ1n) is 14.5. The average molecular weight is 573 g/mol. The van der Waals surface area contributed by atoms with Crippen LogP contribution in [0.5, 0.6) is 6.01 Å². The number of halogens is 1. The van der Waals surface area contributed by atoms with Crippen molar-refractivity contribution in [1.82, 2.24) is 19.8 Å². The van der Waals surface area contributed by atoms with E-state index < -0.39 is 0 Å². The van der Waals surface area contributed by atoms with Crippen molar-refractivity contribution in [1.29, 1.82) is 0 Å². The smallest absolute Gasteiger partial charge is 0.318 e. The number of fused-ring (bicyclic) bond motifs is 2. The fraction of sp³-hybridized carbons (Fsp3) is 0.469. The fourth-order valence-electron chi connectivity index (χ4n) is 7.03. The molecule has 1 amide bonds. The number of amides is 1. The summed E-state index contributed by atoms with van der Waals surface area (Å²) in [5, 5.41) is 2.99. The molecule has 4 aliphatic rings. The van der Waals surface area contributed by atoms with Crippen molar-refractivity contribution in [3.63, 3.8) is 0 Å². The van der Waals surface area contributed by atoms with Gasteiger partial charge in [-0.05, 0) is 57.0 Å². The highest BCUT2D eigenvalue weighted by Crippen LogP contribution is 2.47. The SMILES string of the molecule is C=CC(=O)N1CC2(C1)CN(c1nc(OCC3(CN(C)C)CC3)nc3c1CCN(c1cccc4cccc(Cl)c14)C3)C2. The minimum atomic E-state index is 0.0181. The monoisotopic (exact) mass is 572 g/mol. The van der Waals surface area contributed by atoms with E-state index in [-0.39, 0.29) is 16.7 Å². The molecular weight excluding hydrogens is 536 g/mol. The lowest BCUT2D eigenvalue weighted by molar-refractivity contribution is -0.139. The third kappa shape index (κ3) is 4.81. The van der Waals surface area contributed by atoms with E-state index in [4.69, 9.17) is 26.3 Å². The van der Waals surface area contributed by atoms with Gasteiger partial charge in [0.2, 0.25) is 5.91 Å². The molecule has 0 atom stereocenters. The predicted octanol–water partition coefficient (Wildman–Crippen LogP) is 4.40. The molecule has 2 saturated heterocycles. The van der Waals surface area contributed by atoms with Crippen molar-refractivity contribution in [2.45, 2.75) is 25.8 Å². The number of carbonyl (C=O) groups excluding carboxylic acids is 1. The molecule has 1 saturated carbocycles. The largest absolute Gasteiger partial charge is 0.463 e. The van der Waals surface area contributed by atoms with Crippen LogP contribution in [0.2, 0.25) is 5.02 Å². The van der Waals surface area contributed by atoms with Crippen LogP contribution in [0.1, 0.15) is 24.1 Å². The van der Waals surface area contributed by atoms with Crippen LogP contribution < -0.4 is 14.5 Å². The quantitative estimate of drug-likeness (QED) is 0.371. The first-order chi connectivity index (χ1) is 19.8. The van der Waals surface area contributed by atoms with E-state index in [2.05, 4.69) is 59.6 Å². The maximum atomic E-state index is 12.0. The van der Waals surface area contributed by atoms with Gasteiger partial charge in [-0.15, -0.1) is 0 Å². The Morgan fingerprint density at radius 3 is 2.56 bits per heavy atom. The van der Waals surface area contributed by atoms with Crippen molar-refractivity contribution in [2.75, 3.05) is 69.8 Å². The lowest BCUT2D eigenvalue weighted by Gasteiger charge is -2.60. The number of benzene rings is 2. The second-order valence-corrected chi connectivity index (χ2v) is 13.2. The van der Waals surface area contributed by atoms with Crippen molar-refractivity contribution >= 4 is 39.8 Å². The Hall–Kier alpha value is -3.36. The van der Waals surface area contributed by atoms with E-state index in [0.717, 1.165) is 78.7 Å². The van der Waals surface area contributed by atoms with Gasteiger partial charge in [0.05, 0.1) is 23.9 Å². The molecule has 7 rings (SSSR count). The van der Waals surface area contributed by atoms with Crippen LogP contribution in [0.25, 0.3) is 10.8 Å². The summed E-state index contributed by atoms with van der Waals surface area (Å²) in [6, 6.07) is 12.9. The van der Waals surface area contributed by atoms with Gasteiger partial charge in [-0.3, -0.25) is 4.79 Å². The van der Waals surface area contributed by atoms with Crippen LogP contribution in [0.4, 0.5) is 11.5 Å². The van der Waals surface area contributed by atoms with Crippen molar-refractivity contribution in [2.24, 2.45) is 10.8 Å². The molecule has 3 aliphatic heterocycles. The zero-order chi connectivity index (χ0) is 28.4. The molecular formula is C32H37ClN6O2. The number of aromatic nitrogens is 2. The number of anilines is 2. The molecule has 3 fully saturated rings. The lowest BCUT2D eigenvalue weighted by Crippen LogP contribution is -2.73. The fourth-order valence-corrected chi connectivity index (χ4v) is 7.31. The maximum absolute atomic E-state index is 12.0. The van der Waals surface area contributed by atoms with E-state index in [1.807, 2.05) is 17.0 Å². The number of ether oxygens (including phenoxy) is 1. The Kier molecular flexibility index (Phi) is 6.39. The van der Waals surface area contributed by atoms with Gasteiger partial charge in [-0.2, -0.15) is 9.97 Å². The van der Waals surface area contributed by atoms with Crippen LogP contribution in [-0.4, -0.2) is 85.6 Å². The standard InChI is InChI=1S/C32H37ClN6O2/c1-4-27(40)38-17-32(18-38)19-39(20-32)29-23-11-14-37(26-10-6-8-22-7-5-9-24(33)28(22)26)15-25(23)34-30(35-29)41-21-31(12-13-31)16-36(2)3/h4-10H,1,11-21H2,2-3H3. The normalized spacial score (nSPS) is 20.0. The summed E-state index contributed by atoms with van der Waals surface area (Å²) < 4.78 is 6.37. The highest BCUT2D eigenvalue weighted by molar-refractivity contribution is 6.36. The molecule has 3 aromatic rings. The number of likely N-dealkylation sites (tertiary alicyclic amines) is 1. The Morgan fingerprint density at radius 2 is 1.85 bits per heavy atom. The molecule has 0 bridgehead atoms. The van der Waals surface area contributed by atoms with Gasteiger partial charge in [0.25, 0.3) is 0 Å². The zero-order valence-electron chi connectivity index (χ0n) is 23.9. The summed E-state index contributed by atoms with van der Waals surface area (Å²) in [7, 11) is 4.23. The van der Waals surface area contributed by atoms with Crippen LogP contribution in [0.15, 0.2) is 49.1 Å². The first kappa shape index (κ1) is 26.5. The molecule has 214 valence electrons. The Bertz CT molecular complexity index is 1520. The van der Waals surface area contributed by atoms with E-state index >= 15 is 0 Å². The zero-order valence-corrected chi connectivity index (χ0v) is 24.7.